The summed E-state index contributed by atoms with van der Waals surface area (Å²) < 4.78 is 12.2. The molecule has 0 radical (unpaired) electrons. The van der Waals surface area contributed by atoms with E-state index in [0.29, 0.717) is 21.5 Å². The van der Waals surface area contributed by atoms with Gasteiger partial charge in [-0.15, -0.1) is 0 Å². The number of Topliss-reactive ketones (excluding diaryl/α,β-unsaturated/α-hetero) is 1. The van der Waals surface area contributed by atoms with Crippen LogP contribution in [0.3, 0.4) is 0 Å². The Bertz CT molecular complexity index is 906. The molecule has 0 saturated heterocycles. The molecule has 0 bridgehead atoms. The van der Waals surface area contributed by atoms with Gasteiger partial charge in [0.05, 0.1) is 19.1 Å². The lowest BCUT2D eigenvalue weighted by Crippen LogP contribution is -2.35. The van der Waals surface area contributed by atoms with E-state index in [1.54, 1.807) is 48.1 Å². The Labute approximate surface area is 169 Å². The van der Waals surface area contributed by atoms with Crippen molar-refractivity contribution in [3.8, 4) is 5.75 Å². The van der Waals surface area contributed by atoms with Crippen molar-refractivity contribution < 1.29 is 28.7 Å². The van der Waals surface area contributed by atoms with Gasteiger partial charge >= 0.3 is 5.97 Å². The molecule has 9 heteroatoms. The molecule has 0 saturated carbocycles. The minimum Gasteiger partial charge on any atom is -0.496 e. The van der Waals surface area contributed by atoms with Crippen LogP contribution in [0.4, 0.5) is 0 Å². The summed E-state index contributed by atoms with van der Waals surface area (Å²) in [6, 6.07) is 8.20. The molecule has 2 amide bonds. The maximum atomic E-state index is 12.3. The zero-order valence-electron chi connectivity index (χ0n) is 15.4. The van der Waals surface area contributed by atoms with Crippen LogP contribution in [0, 0.1) is 0 Å². The topological polar surface area (TPSA) is 104 Å². The van der Waals surface area contributed by atoms with Crippen LogP contribution in [0.2, 0.25) is 0 Å². The second-order valence-electron chi connectivity index (χ2n) is 5.81. The van der Waals surface area contributed by atoms with Crippen molar-refractivity contribution >= 4 is 39.5 Å². The van der Waals surface area contributed by atoms with E-state index in [0.717, 1.165) is 0 Å². The van der Waals surface area contributed by atoms with Crippen LogP contribution in [-0.4, -0.2) is 41.9 Å². The van der Waals surface area contributed by atoms with Gasteiger partial charge in [-0.25, -0.2) is 0 Å². The number of imide groups is 1. The highest BCUT2D eigenvalue weighted by atomic mass is 79.9. The molecule has 0 aliphatic rings. The predicted octanol–water partition coefficient (Wildman–Crippen LogP) is 2.26. The van der Waals surface area contributed by atoms with Crippen molar-refractivity contribution in [2.45, 2.75) is 12.8 Å². The molecule has 148 valence electrons. The lowest BCUT2D eigenvalue weighted by atomic mass is 10.1. The highest BCUT2D eigenvalue weighted by Crippen LogP contribution is 2.24. The van der Waals surface area contributed by atoms with E-state index in [1.165, 1.54) is 7.11 Å². The number of aryl methyl sites for hydroxylation is 1. The van der Waals surface area contributed by atoms with E-state index in [9.17, 15) is 19.2 Å². The van der Waals surface area contributed by atoms with Crippen LogP contribution in [0.1, 0.15) is 33.7 Å². The van der Waals surface area contributed by atoms with E-state index in [-0.39, 0.29) is 18.6 Å². The van der Waals surface area contributed by atoms with Crippen LogP contribution in [0.5, 0.6) is 5.75 Å². The minimum atomic E-state index is -0.750. The third-order valence-electron chi connectivity index (χ3n) is 3.81. The highest BCUT2D eigenvalue weighted by Gasteiger charge is 2.17. The van der Waals surface area contributed by atoms with Gasteiger partial charge in [-0.05, 0) is 30.3 Å². The van der Waals surface area contributed by atoms with Gasteiger partial charge in [-0.2, -0.15) is 0 Å². The van der Waals surface area contributed by atoms with E-state index in [2.05, 4.69) is 21.2 Å². The third kappa shape index (κ3) is 5.78. The molecule has 0 aliphatic carbocycles. The van der Waals surface area contributed by atoms with Gasteiger partial charge in [-0.1, -0.05) is 15.9 Å². The summed E-state index contributed by atoms with van der Waals surface area (Å²) in [6.45, 7) is -0.608. The first-order valence-corrected chi connectivity index (χ1v) is 9.09. The summed E-state index contributed by atoms with van der Waals surface area (Å²) in [5.41, 5.74) is 0.642. The van der Waals surface area contributed by atoms with E-state index in [1.807, 2.05) is 0 Å². The number of hydrogen-bond donors (Lipinski definition) is 1. The predicted molar refractivity (Wildman–Crippen MR) is 103 cm³/mol. The first-order chi connectivity index (χ1) is 13.3. The van der Waals surface area contributed by atoms with Gasteiger partial charge in [0.15, 0.2) is 12.4 Å². The molecule has 0 fully saturated rings. The standard InChI is InChI=1S/C19H19BrN2O6/c1-22-9-3-4-14(22)19(26)21-17(24)11-28-18(25)8-6-15(23)13-10-12(20)5-7-16(13)27-2/h3-5,7,9-10H,6,8,11H2,1-2H3,(H,21,24,26). The number of methoxy groups -OCH3 is 1. The van der Waals surface area contributed by atoms with Gasteiger partial charge in [0.2, 0.25) is 0 Å². The number of aromatic nitrogens is 1. The molecular weight excluding hydrogens is 432 g/mol. The maximum absolute atomic E-state index is 12.3. The van der Waals surface area contributed by atoms with Crippen molar-refractivity contribution in [2.24, 2.45) is 7.05 Å². The zero-order chi connectivity index (χ0) is 20.7. The fraction of sp³-hybridized carbons (Fsp3) is 0.263. The van der Waals surface area contributed by atoms with Gasteiger partial charge in [0.25, 0.3) is 11.8 Å². The Hall–Kier alpha value is -2.94. The maximum Gasteiger partial charge on any atom is 0.306 e. The molecule has 1 N–H and O–H groups in total. The number of ketones is 1. The quantitative estimate of drug-likeness (QED) is 0.488. The molecule has 28 heavy (non-hydrogen) atoms. The Morgan fingerprint density at radius 2 is 1.89 bits per heavy atom. The second-order valence-corrected chi connectivity index (χ2v) is 6.73. The van der Waals surface area contributed by atoms with Crippen molar-refractivity contribution in [1.29, 1.82) is 0 Å². The average Bonchev–Trinajstić information content (AvgIpc) is 3.10. The lowest BCUT2D eigenvalue weighted by molar-refractivity contribution is -0.148. The number of halogens is 1. The average molecular weight is 451 g/mol. The molecule has 0 atom stereocenters. The van der Waals surface area contributed by atoms with Crippen LogP contribution in [0.25, 0.3) is 0 Å². The third-order valence-corrected chi connectivity index (χ3v) is 4.30. The van der Waals surface area contributed by atoms with E-state index >= 15 is 0 Å². The summed E-state index contributed by atoms with van der Waals surface area (Å²) in [6.07, 6.45) is 1.36. The van der Waals surface area contributed by atoms with Crippen LogP contribution >= 0.6 is 15.9 Å². The number of carbonyl (C=O) groups excluding carboxylic acids is 4. The smallest absolute Gasteiger partial charge is 0.306 e. The molecule has 1 heterocycles. The molecule has 0 aliphatic heterocycles. The molecule has 1 aromatic carbocycles. The fourth-order valence-electron chi connectivity index (χ4n) is 2.39. The van der Waals surface area contributed by atoms with Crippen LogP contribution < -0.4 is 10.1 Å². The Kier molecular flexibility index (Phi) is 7.51. The molecule has 0 unspecified atom stereocenters. The lowest BCUT2D eigenvalue weighted by Gasteiger charge is -2.08. The van der Waals surface area contributed by atoms with Gasteiger partial charge < -0.3 is 14.0 Å². The summed E-state index contributed by atoms with van der Waals surface area (Å²) in [4.78, 5) is 47.7. The number of esters is 1. The highest BCUT2D eigenvalue weighted by molar-refractivity contribution is 9.10. The SMILES string of the molecule is COc1ccc(Br)cc1C(=O)CCC(=O)OCC(=O)NC(=O)c1cccn1C. The normalized spacial score (nSPS) is 10.2. The van der Waals surface area contributed by atoms with Crippen LogP contribution in [0.15, 0.2) is 41.0 Å². The zero-order valence-corrected chi connectivity index (χ0v) is 16.9. The summed E-state index contributed by atoms with van der Waals surface area (Å²) in [5, 5.41) is 2.13. The van der Waals surface area contributed by atoms with Crippen molar-refractivity contribution in [2.75, 3.05) is 13.7 Å². The summed E-state index contributed by atoms with van der Waals surface area (Å²) >= 11 is 3.28. The number of amides is 2. The van der Waals surface area contributed by atoms with Gasteiger partial charge in [0.1, 0.15) is 11.4 Å². The fourth-order valence-corrected chi connectivity index (χ4v) is 2.75. The Balaban J connectivity index is 1.79. The minimum absolute atomic E-state index is 0.102. The van der Waals surface area contributed by atoms with Crippen molar-refractivity contribution in [3.05, 3.63) is 52.3 Å². The monoisotopic (exact) mass is 450 g/mol. The number of hydrogen-bond acceptors (Lipinski definition) is 6. The summed E-state index contributed by atoms with van der Waals surface area (Å²) in [5.74, 6) is -1.95. The number of rotatable bonds is 8. The van der Waals surface area contributed by atoms with Crippen molar-refractivity contribution in [3.63, 3.8) is 0 Å². The number of ether oxygens (including phenoxy) is 2. The number of nitrogens with zero attached hydrogens (tertiary/aromatic N) is 1. The Morgan fingerprint density at radius 1 is 1.14 bits per heavy atom. The number of nitrogens with one attached hydrogen (secondary N) is 1. The van der Waals surface area contributed by atoms with Gasteiger partial charge in [0, 0.05) is 24.1 Å². The van der Waals surface area contributed by atoms with Crippen molar-refractivity contribution in [1.82, 2.24) is 9.88 Å². The molecular formula is C19H19BrN2O6. The van der Waals surface area contributed by atoms with E-state index in [4.69, 9.17) is 9.47 Å². The largest absolute Gasteiger partial charge is 0.496 e. The molecule has 2 rings (SSSR count). The van der Waals surface area contributed by atoms with E-state index < -0.39 is 24.4 Å². The van der Waals surface area contributed by atoms with Crippen LogP contribution in [-0.2, 0) is 21.4 Å². The molecule has 0 spiro atoms. The number of carbonyl (C=O) groups is 4. The Morgan fingerprint density at radius 3 is 2.54 bits per heavy atom. The second kappa shape index (κ2) is 9.84. The van der Waals surface area contributed by atoms with Gasteiger partial charge in [-0.3, -0.25) is 24.5 Å². The number of benzene rings is 1. The molecule has 2 aromatic rings. The first kappa shape index (κ1) is 21.4. The summed E-state index contributed by atoms with van der Waals surface area (Å²) in [7, 11) is 3.11. The molecule has 1 aromatic heterocycles. The molecule has 8 nitrogen and oxygen atoms in total. The first-order valence-electron chi connectivity index (χ1n) is 8.29.